The third kappa shape index (κ3) is 3.08. The Morgan fingerprint density at radius 1 is 1.14 bits per heavy atom. The third-order valence-electron chi connectivity index (χ3n) is 3.64. The molecule has 0 saturated carbocycles. The van der Waals surface area contributed by atoms with E-state index >= 15 is 0 Å². The molecule has 1 saturated heterocycles. The predicted molar refractivity (Wildman–Crippen MR) is 77.7 cm³/mol. The fourth-order valence-electron chi connectivity index (χ4n) is 2.53. The average Bonchev–Trinajstić information content (AvgIpc) is 2.98. The van der Waals surface area contributed by atoms with Crippen molar-refractivity contribution in [3.63, 3.8) is 0 Å². The van der Waals surface area contributed by atoms with E-state index in [0.29, 0.717) is 19.5 Å². The summed E-state index contributed by atoms with van der Waals surface area (Å²) in [5, 5.41) is 0. The summed E-state index contributed by atoms with van der Waals surface area (Å²) < 4.78 is 32.7. The van der Waals surface area contributed by atoms with Crippen molar-refractivity contribution in [2.24, 2.45) is 0 Å². The zero-order chi connectivity index (χ0) is 15.5. The Morgan fingerprint density at radius 3 is 2.68 bits per heavy atom. The first-order valence-corrected chi connectivity index (χ1v) is 7.09. The maximum absolute atomic E-state index is 13.7. The van der Waals surface area contributed by atoms with E-state index in [2.05, 4.69) is 0 Å². The molecule has 0 aromatic heterocycles. The number of para-hydroxylation sites is 1. The van der Waals surface area contributed by atoms with E-state index in [9.17, 15) is 13.6 Å². The van der Waals surface area contributed by atoms with Crippen LogP contribution in [0.25, 0.3) is 0 Å². The smallest absolute Gasteiger partial charge is 0.257 e. The lowest BCUT2D eigenvalue weighted by Gasteiger charge is -2.17. The standard InChI is InChI=1S/C17H15F2NO2/c18-12-6-7-16(19)15(10-12)17(21)20-9-8-14(11-20)22-13-4-2-1-3-5-13/h1-7,10,14H,8-9,11H2. The number of hydrogen-bond donors (Lipinski definition) is 0. The Kier molecular flexibility index (Phi) is 4.04. The number of benzene rings is 2. The Hall–Kier alpha value is -2.43. The van der Waals surface area contributed by atoms with Crippen LogP contribution in [0.15, 0.2) is 48.5 Å². The van der Waals surface area contributed by atoms with Crippen molar-refractivity contribution in [3.05, 3.63) is 65.7 Å². The van der Waals surface area contributed by atoms with Gasteiger partial charge in [-0.2, -0.15) is 0 Å². The Labute approximate surface area is 127 Å². The largest absolute Gasteiger partial charge is 0.489 e. The fourth-order valence-corrected chi connectivity index (χ4v) is 2.53. The van der Waals surface area contributed by atoms with Crippen molar-refractivity contribution in [1.29, 1.82) is 0 Å². The van der Waals surface area contributed by atoms with Crippen LogP contribution in [0.5, 0.6) is 5.75 Å². The molecule has 2 aromatic carbocycles. The number of hydrogen-bond acceptors (Lipinski definition) is 2. The zero-order valence-electron chi connectivity index (χ0n) is 11.8. The molecule has 1 fully saturated rings. The highest BCUT2D eigenvalue weighted by Crippen LogP contribution is 2.21. The quantitative estimate of drug-likeness (QED) is 0.871. The van der Waals surface area contributed by atoms with Crippen LogP contribution in [0.1, 0.15) is 16.8 Å². The van der Waals surface area contributed by atoms with Crippen LogP contribution in [0, 0.1) is 11.6 Å². The first kappa shape index (κ1) is 14.5. The highest BCUT2D eigenvalue weighted by molar-refractivity contribution is 5.94. The highest BCUT2D eigenvalue weighted by Gasteiger charge is 2.29. The lowest BCUT2D eigenvalue weighted by Crippen LogP contribution is -2.31. The number of halogens is 2. The summed E-state index contributed by atoms with van der Waals surface area (Å²) >= 11 is 0. The van der Waals surface area contributed by atoms with Crippen LogP contribution in [0.4, 0.5) is 8.78 Å². The van der Waals surface area contributed by atoms with Crippen molar-refractivity contribution >= 4 is 5.91 Å². The second-order valence-electron chi connectivity index (χ2n) is 5.22. The maximum atomic E-state index is 13.7. The van der Waals surface area contributed by atoms with Gasteiger partial charge >= 0.3 is 0 Å². The fraction of sp³-hybridized carbons (Fsp3) is 0.235. The highest BCUT2D eigenvalue weighted by atomic mass is 19.1. The minimum absolute atomic E-state index is 0.136. The summed E-state index contributed by atoms with van der Waals surface area (Å²) in [6.07, 6.45) is 0.528. The van der Waals surface area contributed by atoms with Gasteiger partial charge in [-0.3, -0.25) is 4.79 Å². The molecular formula is C17H15F2NO2. The third-order valence-corrected chi connectivity index (χ3v) is 3.64. The monoisotopic (exact) mass is 303 g/mol. The zero-order valence-corrected chi connectivity index (χ0v) is 11.8. The number of carbonyl (C=O) groups is 1. The minimum atomic E-state index is -0.709. The number of carbonyl (C=O) groups excluding carboxylic acids is 1. The SMILES string of the molecule is O=C(c1cc(F)ccc1F)N1CCC(Oc2ccccc2)C1. The Morgan fingerprint density at radius 2 is 1.91 bits per heavy atom. The van der Waals surface area contributed by atoms with E-state index < -0.39 is 17.5 Å². The maximum Gasteiger partial charge on any atom is 0.257 e. The Balaban J connectivity index is 1.67. The van der Waals surface area contributed by atoms with Gasteiger partial charge in [-0.05, 0) is 30.3 Å². The first-order chi connectivity index (χ1) is 10.6. The number of amides is 1. The molecule has 22 heavy (non-hydrogen) atoms. The van der Waals surface area contributed by atoms with Crippen LogP contribution in [-0.2, 0) is 0 Å². The molecule has 1 aliphatic rings. The van der Waals surface area contributed by atoms with Crippen molar-refractivity contribution in [2.75, 3.05) is 13.1 Å². The molecular weight excluding hydrogens is 288 g/mol. The molecule has 114 valence electrons. The molecule has 1 atom stereocenters. The number of ether oxygens (including phenoxy) is 1. The summed E-state index contributed by atoms with van der Waals surface area (Å²) in [5.41, 5.74) is -0.236. The molecule has 0 bridgehead atoms. The normalized spacial score (nSPS) is 17.5. The van der Waals surface area contributed by atoms with Crippen molar-refractivity contribution < 1.29 is 18.3 Å². The lowest BCUT2D eigenvalue weighted by molar-refractivity contribution is 0.0767. The van der Waals surface area contributed by atoms with Gasteiger partial charge in [0.05, 0.1) is 12.1 Å². The van der Waals surface area contributed by atoms with Gasteiger partial charge in [0.2, 0.25) is 0 Å². The van der Waals surface area contributed by atoms with Gasteiger partial charge in [0.15, 0.2) is 0 Å². The molecule has 0 aliphatic carbocycles. The van der Waals surface area contributed by atoms with E-state index in [4.69, 9.17) is 4.74 Å². The summed E-state index contributed by atoms with van der Waals surface area (Å²) in [4.78, 5) is 13.8. The van der Waals surface area contributed by atoms with Gasteiger partial charge in [-0.15, -0.1) is 0 Å². The van der Waals surface area contributed by atoms with Gasteiger partial charge in [-0.25, -0.2) is 8.78 Å². The molecule has 1 amide bonds. The summed E-state index contributed by atoms with van der Waals surface area (Å²) in [5.74, 6) is -1.10. The number of nitrogens with zero attached hydrogens (tertiary/aromatic N) is 1. The summed E-state index contributed by atoms with van der Waals surface area (Å²) in [6.45, 7) is 0.829. The number of likely N-dealkylation sites (tertiary alicyclic amines) is 1. The average molecular weight is 303 g/mol. The molecule has 1 heterocycles. The van der Waals surface area contributed by atoms with Crippen LogP contribution < -0.4 is 4.74 Å². The molecule has 0 radical (unpaired) electrons. The van der Waals surface area contributed by atoms with Crippen molar-refractivity contribution in [1.82, 2.24) is 4.90 Å². The van der Waals surface area contributed by atoms with Crippen LogP contribution in [0.2, 0.25) is 0 Å². The van der Waals surface area contributed by atoms with E-state index in [1.807, 2.05) is 30.3 Å². The molecule has 1 unspecified atom stereocenters. The van der Waals surface area contributed by atoms with E-state index in [1.165, 1.54) is 4.90 Å². The second-order valence-corrected chi connectivity index (χ2v) is 5.22. The van der Waals surface area contributed by atoms with Gasteiger partial charge in [0.1, 0.15) is 23.5 Å². The van der Waals surface area contributed by atoms with Crippen molar-refractivity contribution in [2.45, 2.75) is 12.5 Å². The molecule has 0 spiro atoms. The lowest BCUT2D eigenvalue weighted by atomic mass is 10.2. The van der Waals surface area contributed by atoms with Crippen molar-refractivity contribution in [3.8, 4) is 5.75 Å². The molecule has 2 aromatic rings. The molecule has 1 aliphatic heterocycles. The van der Waals surface area contributed by atoms with Crippen LogP contribution >= 0.6 is 0 Å². The van der Waals surface area contributed by atoms with Gasteiger partial charge in [0, 0.05) is 13.0 Å². The van der Waals surface area contributed by atoms with Crippen LogP contribution in [-0.4, -0.2) is 30.0 Å². The van der Waals surface area contributed by atoms with E-state index in [1.54, 1.807) is 0 Å². The first-order valence-electron chi connectivity index (χ1n) is 7.09. The summed E-state index contributed by atoms with van der Waals surface area (Å²) in [7, 11) is 0. The molecule has 3 rings (SSSR count). The van der Waals surface area contributed by atoms with Gasteiger partial charge in [0.25, 0.3) is 5.91 Å². The number of rotatable bonds is 3. The molecule has 5 heteroatoms. The minimum Gasteiger partial charge on any atom is -0.489 e. The van der Waals surface area contributed by atoms with E-state index in [-0.39, 0.29) is 11.7 Å². The summed E-state index contributed by atoms with van der Waals surface area (Å²) in [6, 6.07) is 12.2. The van der Waals surface area contributed by atoms with Crippen LogP contribution in [0.3, 0.4) is 0 Å². The molecule has 0 N–H and O–H groups in total. The van der Waals surface area contributed by atoms with Gasteiger partial charge < -0.3 is 9.64 Å². The second kappa shape index (κ2) is 6.13. The Bertz CT molecular complexity index is 676. The molecule has 3 nitrogen and oxygen atoms in total. The van der Waals surface area contributed by atoms with Gasteiger partial charge in [-0.1, -0.05) is 18.2 Å². The predicted octanol–water partition coefficient (Wildman–Crippen LogP) is 3.26. The topological polar surface area (TPSA) is 29.5 Å². The van der Waals surface area contributed by atoms with E-state index in [0.717, 1.165) is 23.9 Å².